The second kappa shape index (κ2) is 10.6. The lowest BCUT2D eigenvalue weighted by Crippen LogP contribution is -2.11. The summed E-state index contributed by atoms with van der Waals surface area (Å²) in [6, 6.07) is 62.0. The third-order valence-corrected chi connectivity index (χ3v) is 9.45. The number of benzene rings is 8. The first-order valence-corrected chi connectivity index (χ1v) is 15.9. The lowest BCUT2D eigenvalue weighted by Gasteiger charge is -2.28. The highest BCUT2D eigenvalue weighted by molar-refractivity contribution is 6.13. The SMILES string of the molecule is Cc1ccccc1N(c1ccccc1)c1ccc2cc3c(cc2c1)-c1cc2cc(-c4ccccc4)c(-c4ccccc4)cc2cc1-3. The molecule has 9 rings (SSSR count). The molecule has 1 aliphatic carbocycles. The van der Waals surface area contributed by atoms with Gasteiger partial charge in [-0.15, -0.1) is 0 Å². The van der Waals surface area contributed by atoms with Crippen molar-refractivity contribution in [1.29, 1.82) is 0 Å². The normalized spacial score (nSPS) is 11.6. The Morgan fingerprint density at radius 3 is 1.30 bits per heavy atom. The molecule has 0 unspecified atom stereocenters. The molecule has 0 N–H and O–H groups in total. The van der Waals surface area contributed by atoms with Gasteiger partial charge in [0.25, 0.3) is 0 Å². The van der Waals surface area contributed by atoms with Gasteiger partial charge < -0.3 is 4.90 Å². The van der Waals surface area contributed by atoms with Crippen molar-refractivity contribution < 1.29 is 0 Å². The highest BCUT2D eigenvalue weighted by Gasteiger charge is 2.25. The number of aryl methyl sites for hydroxylation is 1. The summed E-state index contributed by atoms with van der Waals surface area (Å²) in [6.45, 7) is 2.18. The minimum atomic E-state index is 1.15. The highest BCUT2D eigenvalue weighted by Crippen LogP contribution is 2.51. The number of hydrogen-bond donors (Lipinski definition) is 0. The van der Waals surface area contributed by atoms with Crippen LogP contribution in [0.3, 0.4) is 0 Å². The van der Waals surface area contributed by atoms with Crippen LogP contribution in [0.4, 0.5) is 17.1 Å². The molecule has 0 saturated heterocycles. The van der Waals surface area contributed by atoms with Crippen LogP contribution in [0.25, 0.3) is 66.1 Å². The van der Waals surface area contributed by atoms with Gasteiger partial charge in [0.05, 0.1) is 0 Å². The van der Waals surface area contributed by atoms with Gasteiger partial charge in [0.1, 0.15) is 0 Å². The predicted octanol–water partition coefficient (Wildman–Crippen LogP) is 12.8. The molecule has 0 amide bonds. The summed E-state index contributed by atoms with van der Waals surface area (Å²) in [7, 11) is 0. The fourth-order valence-corrected chi connectivity index (χ4v) is 7.13. The van der Waals surface area contributed by atoms with Gasteiger partial charge in [0.2, 0.25) is 0 Å². The Morgan fingerprint density at radius 1 is 0.326 bits per heavy atom. The standard InChI is InChI=1S/C45H31N/c1-30-13-11-12-20-45(30)46(37-18-9-4-10-19-37)38-22-21-33-24-41-42(27-34(33)23-38)44-29-36-26-40(32-16-7-3-8-17-32)39(25-35(36)28-43(41)44)31-14-5-2-6-15-31/h2-29H,1H3. The Hall–Kier alpha value is -5.92. The molecule has 1 heteroatoms. The maximum Gasteiger partial charge on any atom is 0.0490 e. The van der Waals surface area contributed by atoms with Crippen molar-refractivity contribution in [2.45, 2.75) is 6.92 Å². The van der Waals surface area contributed by atoms with E-state index in [1.807, 2.05) is 0 Å². The van der Waals surface area contributed by atoms with Gasteiger partial charge in [-0.2, -0.15) is 0 Å². The maximum atomic E-state index is 2.40. The number of hydrogen-bond acceptors (Lipinski definition) is 1. The van der Waals surface area contributed by atoms with Crippen LogP contribution in [0.15, 0.2) is 170 Å². The summed E-state index contributed by atoms with van der Waals surface area (Å²) < 4.78 is 0. The fraction of sp³-hybridized carbons (Fsp3) is 0.0222. The number of fused-ring (bicyclic) bond motifs is 6. The van der Waals surface area contributed by atoms with Gasteiger partial charge in [-0.3, -0.25) is 0 Å². The maximum absolute atomic E-state index is 2.40. The van der Waals surface area contributed by atoms with E-state index in [0.717, 1.165) is 11.4 Å². The highest BCUT2D eigenvalue weighted by atomic mass is 15.1. The van der Waals surface area contributed by atoms with Crippen LogP contribution in [0.2, 0.25) is 0 Å². The molecule has 46 heavy (non-hydrogen) atoms. The van der Waals surface area contributed by atoms with Crippen LogP contribution in [0, 0.1) is 6.92 Å². The van der Waals surface area contributed by atoms with E-state index < -0.39 is 0 Å². The molecular weight excluding hydrogens is 555 g/mol. The van der Waals surface area contributed by atoms with E-state index in [1.165, 1.54) is 77.3 Å². The first kappa shape index (κ1) is 26.5. The van der Waals surface area contributed by atoms with Crippen LogP contribution in [-0.4, -0.2) is 0 Å². The lowest BCUT2D eigenvalue weighted by molar-refractivity contribution is 1.25. The largest absolute Gasteiger partial charge is 0.310 e. The molecule has 0 bridgehead atoms. The zero-order valence-electron chi connectivity index (χ0n) is 25.6. The van der Waals surface area contributed by atoms with Crippen molar-refractivity contribution in [2.75, 3.05) is 4.90 Å². The summed E-state index contributed by atoms with van der Waals surface area (Å²) in [6.07, 6.45) is 0. The summed E-state index contributed by atoms with van der Waals surface area (Å²) in [5, 5.41) is 5.05. The number of anilines is 3. The summed E-state index contributed by atoms with van der Waals surface area (Å²) in [4.78, 5) is 2.37. The molecule has 0 radical (unpaired) electrons. The Morgan fingerprint density at radius 2 is 0.761 bits per heavy atom. The molecule has 8 aromatic rings. The van der Waals surface area contributed by atoms with E-state index in [9.17, 15) is 0 Å². The van der Waals surface area contributed by atoms with Gasteiger partial charge in [-0.05, 0) is 145 Å². The first-order valence-electron chi connectivity index (χ1n) is 15.9. The van der Waals surface area contributed by atoms with Crippen LogP contribution in [-0.2, 0) is 0 Å². The molecule has 0 heterocycles. The van der Waals surface area contributed by atoms with E-state index in [0.29, 0.717) is 0 Å². The topological polar surface area (TPSA) is 3.24 Å². The Bertz CT molecular complexity index is 2410. The average Bonchev–Trinajstić information content (AvgIpc) is 3.12. The van der Waals surface area contributed by atoms with Gasteiger partial charge >= 0.3 is 0 Å². The van der Waals surface area contributed by atoms with Crippen molar-refractivity contribution in [3.05, 3.63) is 175 Å². The number of nitrogens with zero attached hydrogens (tertiary/aromatic N) is 1. The lowest BCUT2D eigenvalue weighted by atomic mass is 9.77. The van der Waals surface area contributed by atoms with Gasteiger partial charge in [-0.25, -0.2) is 0 Å². The molecule has 216 valence electrons. The quantitative estimate of drug-likeness (QED) is 0.194. The van der Waals surface area contributed by atoms with Gasteiger partial charge in [0.15, 0.2) is 0 Å². The van der Waals surface area contributed by atoms with E-state index in [2.05, 4.69) is 182 Å². The van der Waals surface area contributed by atoms with Crippen molar-refractivity contribution in [3.8, 4) is 44.5 Å². The molecule has 8 aromatic carbocycles. The second-order valence-electron chi connectivity index (χ2n) is 12.3. The van der Waals surface area contributed by atoms with Crippen LogP contribution in [0.5, 0.6) is 0 Å². The van der Waals surface area contributed by atoms with Crippen molar-refractivity contribution >= 4 is 38.6 Å². The predicted molar refractivity (Wildman–Crippen MR) is 196 cm³/mol. The minimum Gasteiger partial charge on any atom is -0.310 e. The summed E-state index contributed by atoms with van der Waals surface area (Å²) in [5.41, 5.74) is 15.1. The molecule has 0 fully saturated rings. The Balaban J connectivity index is 1.18. The average molecular weight is 586 g/mol. The Kier molecular flexibility index (Phi) is 6.11. The molecule has 0 aliphatic heterocycles. The monoisotopic (exact) mass is 585 g/mol. The van der Waals surface area contributed by atoms with Crippen LogP contribution >= 0.6 is 0 Å². The Labute approximate surface area is 269 Å². The smallest absolute Gasteiger partial charge is 0.0490 e. The second-order valence-corrected chi connectivity index (χ2v) is 12.3. The van der Waals surface area contributed by atoms with Crippen LogP contribution in [0.1, 0.15) is 5.56 Å². The van der Waals surface area contributed by atoms with Crippen molar-refractivity contribution in [1.82, 2.24) is 0 Å². The third kappa shape index (κ3) is 4.32. The van der Waals surface area contributed by atoms with E-state index in [4.69, 9.17) is 0 Å². The van der Waals surface area contributed by atoms with E-state index in [1.54, 1.807) is 0 Å². The molecule has 1 nitrogen and oxygen atoms in total. The van der Waals surface area contributed by atoms with Crippen molar-refractivity contribution in [2.24, 2.45) is 0 Å². The molecule has 0 spiro atoms. The molecule has 1 aliphatic rings. The molecule has 0 atom stereocenters. The molecule has 0 aromatic heterocycles. The van der Waals surface area contributed by atoms with Crippen LogP contribution < -0.4 is 4.90 Å². The molecule has 0 saturated carbocycles. The minimum absolute atomic E-state index is 1.15. The van der Waals surface area contributed by atoms with E-state index in [-0.39, 0.29) is 0 Å². The third-order valence-electron chi connectivity index (χ3n) is 9.45. The zero-order chi connectivity index (χ0) is 30.6. The summed E-state index contributed by atoms with van der Waals surface area (Å²) in [5.74, 6) is 0. The van der Waals surface area contributed by atoms with Gasteiger partial charge in [0, 0.05) is 17.1 Å². The van der Waals surface area contributed by atoms with Crippen molar-refractivity contribution in [3.63, 3.8) is 0 Å². The first-order chi connectivity index (χ1) is 22.7. The number of para-hydroxylation sites is 2. The van der Waals surface area contributed by atoms with E-state index >= 15 is 0 Å². The fourth-order valence-electron chi connectivity index (χ4n) is 7.13. The number of rotatable bonds is 5. The summed E-state index contributed by atoms with van der Waals surface area (Å²) >= 11 is 0. The molecular formula is C45H31N. The zero-order valence-corrected chi connectivity index (χ0v) is 25.6. The van der Waals surface area contributed by atoms with Gasteiger partial charge in [-0.1, -0.05) is 103 Å².